The summed E-state index contributed by atoms with van der Waals surface area (Å²) >= 11 is 8.63. The summed E-state index contributed by atoms with van der Waals surface area (Å²) in [6.45, 7) is -0.0925. The Bertz CT molecular complexity index is 470. The van der Waals surface area contributed by atoms with Gasteiger partial charge < -0.3 is 10.1 Å². The van der Waals surface area contributed by atoms with E-state index in [0.717, 1.165) is 6.07 Å². The summed E-state index contributed by atoms with van der Waals surface area (Å²) < 4.78 is 17.9. The van der Waals surface area contributed by atoms with Gasteiger partial charge in [0.25, 0.3) is 5.91 Å². The lowest BCUT2D eigenvalue weighted by atomic mass is 10.2. The maximum atomic E-state index is 13.2. The molecule has 1 aromatic rings. The first-order valence-electron chi connectivity index (χ1n) is 4.91. The van der Waals surface area contributed by atoms with Crippen LogP contribution in [0.2, 0.25) is 0 Å². The second kappa shape index (κ2) is 6.70. The number of rotatable bonds is 4. The quantitative estimate of drug-likeness (QED) is 0.676. The number of carbonyl (C=O) groups excluding carboxylic acids is 2. The molecule has 0 aliphatic heterocycles. The van der Waals surface area contributed by atoms with Crippen LogP contribution in [0.25, 0.3) is 0 Å². The second-order valence-corrected chi connectivity index (χ2v) is 4.71. The minimum Gasteiger partial charge on any atom is -0.468 e. The van der Waals surface area contributed by atoms with E-state index in [4.69, 9.17) is 11.6 Å². The normalized spacial score (nSPS) is 11.8. The number of hydrogen-bond acceptors (Lipinski definition) is 3. The Labute approximate surface area is 117 Å². The molecule has 0 aliphatic rings. The number of hydrogen-bond donors (Lipinski definition) is 1. The molecular weight excluding hydrogens is 328 g/mol. The predicted octanol–water partition coefficient (Wildman–Crippen LogP) is 2.10. The standard InChI is InChI=1S/C11H10BrClFNO3/c1-18-11(17)8(13)5-15-10(16)6-2-3-7(12)9(14)4-6/h2-4,8H,5H2,1H3,(H,15,16). The van der Waals surface area contributed by atoms with Crippen molar-refractivity contribution in [2.75, 3.05) is 13.7 Å². The van der Waals surface area contributed by atoms with Gasteiger partial charge in [0.2, 0.25) is 0 Å². The lowest BCUT2D eigenvalue weighted by molar-refractivity contribution is -0.140. The van der Waals surface area contributed by atoms with Crippen LogP contribution < -0.4 is 5.32 Å². The van der Waals surface area contributed by atoms with Crippen molar-refractivity contribution in [2.45, 2.75) is 5.38 Å². The van der Waals surface area contributed by atoms with Gasteiger partial charge in [-0.15, -0.1) is 11.6 Å². The molecule has 98 valence electrons. The molecule has 7 heteroatoms. The highest BCUT2D eigenvalue weighted by Gasteiger charge is 2.17. The van der Waals surface area contributed by atoms with E-state index in [1.54, 1.807) is 0 Å². The molecule has 0 aromatic heterocycles. The van der Waals surface area contributed by atoms with Crippen LogP contribution in [0.15, 0.2) is 22.7 Å². The van der Waals surface area contributed by atoms with E-state index < -0.39 is 23.1 Å². The minimum atomic E-state index is -0.973. The molecular formula is C11H10BrClFNO3. The van der Waals surface area contributed by atoms with E-state index >= 15 is 0 Å². The Morgan fingerprint density at radius 3 is 2.78 bits per heavy atom. The van der Waals surface area contributed by atoms with Gasteiger partial charge in [0.1, 0.15) is 11.2 Å². The first-order valence-corrected chi connectivity index (χ1v) is 6.13. The number of alkyl halides is 1. The smallest absolute Gasteiger partial charge is 0.325 e. The van der Waals surface area contributed by atoms with Gasteiger partial charge in [0, 0.05) is 12.1 Å². The third-order valence-electron chi connectivity index (χ3n) is 2.08. The average molecular weight is 339 g/mol. The molecule has 0 saturated carbocycles. The number of amides is 1. The SMILES string of the molecule is COC(=O)C(Cl)CNC(=O)c1ccc(Br)c(F)c1. The molecule has 1 atom stereocenters. The summed E-state index contributed by atoms with van der Waals surface area (Å²) in [5, 5.41) is 1.43. The number of halogens is 3. The number of nitrogens with one attached hydrogen (secondary N) is 1. The molecule has 4 nitrogen and oxygen atoms in total. The molecule has 0 spiro atoms. The Kier molecular flexibility index (Phi) is 5.55. The van der Waals surface area contributed by atoms with Crippen molar-refractivity contribution in [1.29, 1.82) is 0 Å². The molecule has 1 N–H and O–H groups in total. The summed E-state index contributed by atoms with van der Waals surface area (Å²) in [6.07, 6.45) is 0. The molecule has 0 radical (unpaired) electrons. The van der Waals surface area contributed by atoms with Crippen LogP contribution in [0.4, 0.5) is 4.39 Å². The minimum absolute atomic E-state index is 0.0925. The fourth-order valence-corrected chi connectivity index (χ4v) is 1.55. The van der Waals surface area contributed by atoms with E-state index in [1.807, 2.05) is 0 Å². The van der Waals surface area contributed by atoms with Crippen molar-refractivity contribution in [2.24, 2.45) is 0 Å². The van der Waals surface area contributed by atoms with Crippen molar-refractivity contribution < 1.29 is 18.7 Å². The summed E-state index contributed by atoms with van der Waals surface area (Å²) in [4.78, 5) is 22.6. The topological polar surface area (TPSA) is 55.4 Å². The zero-order chi connectivity index (χ0) is 13.7. The van der Waals surface area contributed by atoms with E-state index in [2.05, 4.69) is 26.0 Å². The number of esters is 1. The highest BCUT2D eigenvalue weighted by molar-refractivity contribution is 9.10. The molecule has 0 fully saturated rings. The second-order valence-electron chi connectivity index (χ2n) is 3.33. The van der Waals surface area contributed by atoms with Crippen LogP contribution in [0.5, 0.6) is 0 Å². The van der Waals surface area contributed by atoms with Crippen LogP contribution in [0.3, 0.4) is 0 Å². The zero-order valence-electron chi connectivity index (χ0n) is 9.38. The van der Waals surface area contributed by atoms with Crippen LogP contribution in [-0.2, 0) is 9.53 Å². The van der Waals surface area contributed by atoms with Crippen molar-refractivity contribution >= 4 is 39.4 Å². The third kappa shape index (κ3) is 3.96. The van der Waals surface area contributed by atoms with Crippen molar-refractivity contribution in [3.05, 3.63) is 34.1 Å². The fraction of sp³-hybridized carbons (Fsp3) is 0.273. The van der Waals surface area contributed by atoms with Crippen molar-refractivity contribution in [3.63, 3.8) is 0 Å². The van der Waals surface area contributed by atoms with Gasteiger partial charge in [-0.3, -0.25) is 9.59 Å². The van der Waals surface area contributed by atoms with Gasteiger partial charge >= 0.3 is 5.97 Å². The van der Waals surface area contributed by atoms with Crippen LogP contribution >= 0.6 is 27.5 Å². The Balaban J connectivity index is 2.60. The van der Waals surface area contributed by atoms with E-state index in [1.165, 1.54) is 19.2 Å². The van der Waals surface area contributed by atoms with E-state index in [9.17, 15) is 14.0 Å². The monoisotopic (exact) mass is 337 g/mol. The van der Waals surface area contributed by atoms with Crippen molar-refractivity contribution in [3.8, 4) is 0 Å². The maximum absolute atomic E-state index is 13.2. The Morgan fingerprint density at radius 2 is 2.22 bits per heavy atom. The summed E-state index contributed by atoms with van der Waals surface area (Å²) in [5.41, 5.74) is 0.143. The average Bonchev–Trinajstić information content (AvgIpc) is 2.37. The zero-order valence-corrected chi connectivity index (χ0v) is 11.7. The summed E-state index contributed by atoms with van der Waals surface area (Å²) in [6, 6.07) is 3.95. The van der Waals surface area contributed by atoms with Gasteiger partial charge in [0.05, 0.1) is 11.6 Å². The lowest BCUT2D eigenvalue weighted by Gasteiger charge is -2.09. The number of methoxy groups -OCH3 is 1. The first kappa shape index (κ1) is 14.9. The molecule has 1 rings (SSSR count). The van der Waals surface area contributed by atoms with Crippen LogP contribution in [0.1, 0.15) is 10.4 Å². The lowest BCUT2D eigenvalue weighted by Crippen LogP contribution is -2.34. The van der Waals surface area contributed by atoms with Gasteiger partial charge in [0.15, 0.2) is 0 Å². The van der Waals surface area contributed by atoms with Gasteiger partial charge in [-0.2, -0.15) is 0 Å². The number of carbonyl (C=O) groups is 2. The van der Waals surface area contributed by atoms with Crippen LogP contribution in [-0.4, -0.2) is 30.9 Å². The van der Waals surface area contributed by atoms with Crippen LogP contribution in [0, 0.1) is 5.82 Å². The molecule has 0 heterocycles. The Hall–Kier alpha value is -1.14. The molecule has 1 aromatic carbocycles. The summed E-state index contributed by atoms with van der Waals surface area (Å²) in [5.74, 6) is -1.70. The van der Waals surface area contributed by atoms with Gasteiger partial charge in [-0.05, 0) is 34.1 Å². The first-order chi connectivity index (χ1) is 8.45. The van der Waals surface area contributed by atoms with Crippen molar-refractivity contribution in [1.82, 2.24) is 5.32 Å². The molecule has 0 bridgehead atoms. The third-order valence-corrected chi connectivity index (χ3v) is 3.06. The molecule has 0 aliphatic carbocycles. The number of ether oxygens (including phenoxy) is 1. The largest absolute Gasteiger partial charge is 0.468 e. The maximum Gasteiger partial charge on any atom is 0.325 e. The molecule has 0 saturated heterocycles. The van der Waals surface area contributed by atoms with Gasteiger partial charge in [-0.25, -0.2) is 4.39 Å². The summed E-state index contributed by atoms with van der Waals surface area (Å²) in [7, 11) is 1.20. The Morgan fingerprint density at radius 1 is 1.56 bits per heavy atom. The predicted molar refractivity (Wildman–Crippen MR) is 68.1 cm³/mol. The highest BCUT2D eigenvalue weighted by Crippen LogP contribution is 2.16. The molecule has 1 amide bonds. The molecule has 18 heavy (non-hydrogen) atoms. The fourth-order valence-electron chi connectivity index (χ4n) is 1.13. The highest BCUT2D eigenvalue weighted by atomic mass is 79.9. The van der Waals surface area contributed by atoms with Gasteiger partial charge in [-0.1, -0.05) is 0 Å². The van der Waals surface area contributed by atoms with E-state index in [0.29, 0.717) is 0 Å². The van der Waals surface area contributed by atoms with E-state index in [-0.39, 0.29) is 16.6 Å². The number of benzene rings is 1. The molecule has 1 unspecified atom stereocenters.